The summed E-state index contributed by atoms with van der Waals surface area (Å²) in [6, 6.07) is 14.3. The summed E-state index contributed by atoms with van der Waals surface area (Å²) in [4.78, 5) is 14.8. The van der Waals surface area contributed by atoms with Crippen LogP contribution in [0.15, 0.2) is 77.4 Å². The summed E-state index contributed by atoms with van der Waals surface area (Å²) in [5, 5.41) is 74.1. The van der Waals surface area contributed by atoms with Crippen LogP contribution in [-0.4, -0.2) is 217 Å². The molecule has 0 aromatic heterocycles. The number of carbonyl (C=O) groups excluding carboxylic acids is 1. The van der Waals surface area contributed by atoms with Crippen LogP contribution in [0.2, 0.25) is 0 Å². The van der Waals surface area contributed by atoms with Crippen molar-refractivity contribution < 1.29 is 171 Å². The van der Waals surface area contributed by atoms with Gasteiger partial charge < -0.3 is 69.6 Å². The third kappa shape index (κ3) is 23.9. The number of hydrogen-bond acceptors (Lipinski definition) is 25. The van der Waals surface area contributed by atoms with E-state index in [1.165, 1.54) is 22.9 Å². The summed E-state index contributed by atoms with van der Waals surface area (Å²) < 4.78 is 141. The van der Waals surface area contributed by atoms with Crippen molar-refractivity contribution >= 4 is 59.3 Å². The predicted molar refractivity (Wildman–Crippen MR) is 303 cm³/mol. The van der Waals surface area contributed by atoms with Gasteiger partial charge in [0.15, 0.2) is 18.3 Å². The molecule has 28 nitrogen and oxygen atoms in total. The summed E-state index contributed by atoms with van der Waals surface area (Å²) in [5.41, 5.74) is 5.65. The number of carbonyl (C=O) groups is 1. The second-order valence-corrected chi connectivity index (χ2v) is 23.4. The quantitative estimate of drug-likeness (QED) is 0.0107. The molecule has 1 amide bonds. The van der Waals surface area contributed by atoms with E-state index in [4.69, 9.17) is 61.6 Å². The molecule has 0 radical (unpaired) electrons. The summed E-state index contributed by atoms with van der Waals surface area (Å²) in [5.74, 6) is -0.156. The fourth-order valence-corrected chi connectivity index (χ4v) is 10.8. The number of amides is 1. The zero-order valence-corrected chi connectivity index (χ0v) is 55.6. The molecule has 4 aliphatic heterocycles. The maximum Gasteiger partial charge on any atom is 1.00 e. The molecule has 11 atom stereocenters. The summed E-state index contributed by atoms with van der Waals surface area (Å²) in [6.45, 7) is 11.3. The van der Waals surface area contributed by atoms with E-state index in [2.05, 4.69) is 72.0 Å². The molecule has 2 fully saturated rings. The first-order chi connectivity index (χ1) is 40.5. The van der Waals surface area contributed by atoms with Gasteiger partial charge in [0.05, 0.1) is 37.9 Å². The van der Waals surface area contributed by atoms with E-state index >= 15 is 0 Å². The Balaban J connectivity index is 0.00000181. The molecule has 2 saturated heterocycles. The Morgan fingerprint density at radius 1 is 0.759 bits per heavy atom. The van der Waals surface area contributed by atoms with Gasteiger partial charge in [-0.25, -0.2) is 4.58 Å². The molecule has 33 heteroatoms. The predicted octanol–water partition coefficient (Wildman–Crippen LogP) is -3.13. The van der Waals surface area contributed by atoms with Gasteiger partial charge in [-0.05, 0) is 56.0 Å². The van der Waals surface area contributed by atoms with Crippen molar-refractivity contribution in [1.82, 2.24) is 5.32 Å². The molecule has 0 aliphatic carbocycles. The number of anilines is 1. The van der Waals surface area contributed by atoms with Crippen molar-refractivity contribution in [3.05, 3.63) is 95.2 Å². The van der Waals surface area contributed by atoms with Crippen molar-refractivity contribution in [3.63, 3.8) is 0 Å². The first kappa shape index (κ1) is 79.6. The van der Waals surface area contributed by atoms with E-state index in [1.807, 2.05) is 32.1 Å². The third-order valence-electron chi connectivity index (χ3n) is 14.6. The van der Waals surface area contributed by atoms with E-state index in [-0.39, 0.29) is 101 Å². The number of ether oxygens (including phenoxy) is 5. The number of unbranched alkanes of at least 4 members (excludes halogenated alkanes) is 4. The Bertz CT molecular complexity index is 3050. The third-order valence-corrected chi connectivity index (χ3v) is 15.4. The standard InChI is InChI=1S/C54H79N3O16S.K.3O3S/c1-6-8-25-54(5)37-19-16-15-18-36(37)39(57(54)28-9-7-2)20-12-10-13-21-43-53(3,4)38-32-35(74(66,67)68)23-24-40(38)56(43)27-17-11-14-22-44(60)55-26-29-69-30-31-70-52-50(48(64)46(62)42(34-59)72-52)73-51-49(65)47(63)45(61)41(33-58)71-51;;3*1-4(2)3/h10,12-13,15,18-21,23-24,32,41-42,45-52,58-59,61-65H,6-9,11,14,17,22,25-31,33-34H2,1-5H3,(H,55,60)(H,66,67,68);;;;/q;+1;;;/t41-,42+,45-,46-,47+,48+,49+,50+,51-,52+,54?;;;;/m1..../s1. The van der Waals surface area contributed by atoms with Gasteiger partial charge in [0.25, 0.3) is 10.1 Å². The van der Waals surface area contributed by atoms with Gasteiger partial charge in [0.2, 0.25) is 5.91 Å². The normalized spacial score (nSPS) is 25.9. The van der Waals surface area contributed by atoms with Crippen LogP contribution in [0.5, 0.6) is 0 Å². The molecule has 87 heavy (non-hydrogen) atoms. The SMILES string of the molecule is CCCC[N+]1=C(/C=C/C=C/C=C2\N(CCCCCC(=O)NCCOCCO[C@H]3O[C@@H](CO)[C@@H](O)[C@H](O)[C@@H]3O[C@H]3O[C@H](CO)[C@@H](O)[C@H](O)[C@@H]3O)c3ccc(S(=O)(=O)O)cc3C2(C)C)c2cc[c-]cc2C1(C)CCCC.O=S(=O)=O.O=S(=O)=O.O=S(=O)=O.[K+]. The Labute approximate surface area is 553 Å². The molecule has 6 rings (SSSR count). The molecule has 4 aliphatic rings. The Hall–Kier alpha value is -3.47. The smallest absolute Gasteiger partial charge is 0.394 e. The van der Waals surface area contributed by atoms with E-state index in [9.17, 15) is 53.5 Å². The molecule has 2 aromatic rings. The van der Waals surface area contributed by atoms with Crippen LogP contribution in [0.4, 0.5) is 5.69 Å². The van der Waals surface area contributed by atoms with Gasteiger partial charge in [-0.15, -0.1) is 37.9 Å². The molecule has 0 saturated carbocycles. The number of aliphatic hydroxyl groups excluding tert-OH is 7. The Morgan fingerprint density at radius 2 is 1.37 bits per heavy atom. The largest absolute Gasteiger partial charge is 1.00 e. The molecule has 1 unspecified atom stereocenters. The van der Waals surface area contributed by atoms with Crippen LogP contribution in [0.1, 0.15) is 109 Å². The number of nitrogens with zero attached hydrogens (tertiary/aromatic N) is 2. The van der Waals surface area contributed by atoms with Crippen LogP contribution in [0.3, 0.4) is 0 Å². The van der Waals surface area contributed by atoms with Gasteiger partial charge in [-0.1, -0.05) is 76.3 Å². The summed E-state index contributed by atoms with van der Waals surface area (Å²) in [7, 11) is -13.8. The molecular formula is C54H79KN3O25S4+. The van der Waals surface area contributed by atoms with Gasteiger partial charge in [-0.3, -0.25) is 9.35 Å². The van der Waals surface area contributed by atoms with Crippen molar-refractivity contribution in [1.29, 1.82) is 0 Å². The number of allylic oxidation sites excluding steroid dienone is 6. The van der Waals surface area contributed by atoms with E-state index in [1.54, 1.807) is 12.1 Å². The minimum Gasteiger partial charge on any atom is -0.394 e. The van der Waals surface area contributed by atoms with Crippen molar-refractivity contribution in [2.24, 2.45) is 0 Å². The zero-order chi connectivity index (χ0) is 64.5. The number of rotatable bonds is 27. The fourth-order valence-electron chi connectivity index (χ4n) is 10.3. The van der Waals surface area contributed by atoms with E-state index in [0.717, 1.165) is 68.4 Å². The van der Waals surface area contributed by atoms with Crippen molar-refractivity contribution in [2.75, 3.05) is 57.6 Å². The second-order valence-electron chi connectivity index (χ2n) is 20.7. The Morgan fingerprint density at radius 3 is 1.97 bits per heavy atom. The molecule has 9 N–H and O–H groups in total. The molecular weight excluding hydrogens is 1260 g/mol. The van der Waals surface area contributed by atoms with Gasteiger partial charge in [0, 0.05) is 55.2 Å². The number of hydrogen-bond donors (Lipinski definition) is 9. The maximum absolute atomic E-state index is 12.8. The molecule has 2 aromatic carbocycles. The van der Waals surface area contributed by atoms with Crippen LogP contribution >= 0.6 is 0 Å². The molecule has 0 bridgehead atoms. The van der Waals surface area contributed by atoms with Crippen LogP contribution < -0.4 is 61.6 Å². The average molecular weight is 1340 g/mol. The molecule has 0 spiro atoms. The summed E-state index contributed by atoms with van der Waals surface area (Å²) in [6.07, 6.45) is 2.58. The molecule has 4 heterocycles. The van der Waals surface area contributed by atoms with Gasteiger partial charge in [0.1, 0.15) is 60.9 Å². The van der Waals surface area contributed by atoms with Crippen molar-refractivity contribution in [3.8, 4) is 0 Å². The van der Waals surface area contributed by atoms with E-state index in [0.29, 0.717) is 13.0 Å². The first-order valence-corrected chi connectivity index (χ1v) is 31.9. The van der Waals surface area contributed by atoms with Crippen molar-refractivity contribution in [2.45, 2.75) is 170 Å². The number of benzene rings is 2. The maximum atomic E-state index is 12.8. The average Bonchev–Trinajstić information content (AvgIpc) is 1.82. The number of fused-ring (bicyclic) bond motifs is 2. The minimum atomic E-state index is -4.43. The fraction of sp³-hybridized carbons (Fsp3) is 0.630. The number of nitrogens with one attached hydrogen (secondary N) is 1. The first-order valence-electron chi connectivity index (χ1n) is 27.5. The van der Waals surface area contributed by atoms with E-state index < -0.39 is 122 Å². The summed E-state index contributed by atoms with van der Waals surface area (Å²) >= 11 is 0. The Kier molecular flexibility index (Phi) is 35.7. The number of aliphatic hydroxyl groups is 7. The van der Waals surface area contributed by atoms with Crippen LogP contribution in [-0.2, 0) is 81.4 Å². The van der Waals surface area contributed by atoms with Gasteiger partial charge in [-0.2, -0.15) is 32.7 Å². The van der Waals surface area contributed by atoms with Crippen LogP contribution in [0.25, 0.3) is 0 Å². The molecule has 484 valence electrons. The second kappa shape index (κ2) is 39.0. The monoisotopic (exact) mass is 1340 g/mol. The zero-order valence-electron chi connectivity index (χ0n) is 49.2. The van der Waals surface area contributed by atoms with Gasteiger partial charge >= 0.3 is 83.2 Å². The van der Waals surface area contributed by atoms with Crippen LogP contribution in [0, 0.1) is 6.07 Å². The minimum absolute atomic E-state index is 0. The topological polar surface area (TPSA) is 431 Å².